The molecule has 1 saturated heterocycles. The Morgan fingerprint density at radius 1 is 1.27 bits per heavy atom. The van der Waals surface area contributed by atoms with E-state index in [-0.39, 0.29) is 18.6 Å². The second-order valence-electron chi connectivity index (χ2n) is 6.72. The highest BCUT2D eigenvalue weighted by atomic mass is 16.6. The second-order valence-corrected chi connectivity index (χ2v) is 6.72. The lowest BCUT2D eigenvalue weighted by Gasteiger charge is -2.35. The number of hydrogen-bond donors (Lipinski definition) is 2. The largest absolute Gasteiger partial charge is 0.445 e. The number of aliphatic hydroxyl groups is 1. The van der Waals surface area contributed by atoms with Gasteiger partial charge in [-0.2, -0.15) is 0 Å². The fourth-order valence-corrected chi connectivity index (χ4v) is 3.02. The molecule has 138 valence electrons. The molecular formula is C20H25N3O3. The van der Waals surface area contributed by atoms with Crippen LogP contribution in [0.3, 0.4) is 0 Å². The van der Waals surface area contributed by atoms with Crippen LogP contribution >= 0.6 is 0 Å². The standard InChI is InChI=1S/C20H25N3O3/c1-15-2-4-16(5-3-15)14-26-20(25)23-11-8-17(19(24)13-23)12-22-18-6-9-21-10-7-18/h2-7,9-10,17,19,24H,8,11-14H2,1H3,(H,21,22)/t17-,19-/m1/s1. The van der Waals surface area contributed by atoms with Crippen LogP contribution in [0.1, 0.15) is 17.5 Å². The number of amides is 1. The van der Waals surface area contributed by atoms with Crippen LogP contribution in [0.5, 0.6) is 0 Å². The third kappa shape index (κ3) is 4.95. The van der Waals surface area contributed by atoms with Gasteiger partial charge in [0, 0.05) is 37.1 Å². The molecule has 1 aliphatic heterocycles. The number of likely N-dealkylation sites (tertiary alicyclic amines) is 1. The van der Waals surface area contributed by atoms with Crippen molar-refractivity contribution in [3.63, 3.8) is 0 Å². The van der Waals surface area contributed by atoms with E-state index in [1.54, 1.807) is 17.3 Å². The average Bonchev–Trinajstić information content (AvgIpc) is 2.67. The maximum absolute atomic E-state index is 12.2. The Hall–Kier alpha value is -2.60. The normalized spacial score (nSPS) is 19.8. The van der Waals surface area contributed by atoms with E-state index in [9.17, 15) is 9.90 Å². The van der Waals surface area contributed by atoms with E-state index in [4.69, 9.17) is 4.74 Å². The summed E-state index contributed by atoms with van der Waals surface area (Å²) in [5.74, 6) is 0.101. The summed E-state index contributed by atoms with van der Waals surface area (Å²) in [6.45, 7) is 3.82. The Balaban J connectivity index is 1.43. The third-order valence-corrected chi connectivity index (χ3v) is 4.71. The summed E-state index contributed by atoms with van der Waals surface area (Å²) in [5.41, 5.74) is 3.11. The van der Waals surface area contributed by atoms with Crippen molar-refractivity contribution in [2.75, 3.05) is 25.0 Å². The van der Waals surface area contributed by atoms with Gasteiger partial charge in [-0.1, -0.05) is 29.8 Å². The van der Waals surface area contributed by atoms with Crippen molar-refractivity contribution >= 4 is 11.8 Å². The molecule has 0 aliphatic carbocycles. The minimum atomic E-state index is -0.565. The summed E-state index contributed by atoms with van der Waals surface area (Å²) in [4.78, 5) is 17.8. The van der Waals surface area contributed by atoms with Gasteiger partial charge < -0.3 is 20.1 Å². The number of pyridine rings is 1. The van der Waals surface area contributed by atoms with E-state index in [2.05, 4.69) is 10.3 Å². The van der Waals surface area contributed by atoms with Crippen LogP contribution in [0.2, 0.25) is 0 Å². The molecule has 2 atom stereocenters. The summed E-state index contributed by atoms with van der Waals surface area (Å²) in [5, 5.41) is 13.7. The van der Waals surface area contributed by atoms with Gasteiger partial charge in [0.2, 0.25) is 0 Å². The van der Waals surface area contributed by atoms with Crippen LogP contribution in [0.25, 0.3) is 0 Å². The molecule has 2 heterocycles. The molecule has 6 heteroatoms. The lowest BCUT2D eigenvalue weighted by Crippen LogP contribution is -2.48. The highest BCUT2D eigenvalue weighted by molar-refractivity contribution is 5.67. The summed E-state index contributed by atoms with van der Waals surface area (Å²) in [6.07, 6.45) is 3.26. The lowest BCUT2D eigenvalue weighted by molar-refractivity contribution is 0.0175. The molecular weight excluding hydrogens is 330 g/mol. The van der Waals surface area contributed by atoms with Crippen molar-refractivity contribution in [1.82, 2.24) is 9.88 Å². The van der Waals surface area contributed by atoms with Gasteiger partial charge in [0.15, 0.2) is 0 Å². The van der Waals surface area contributed by atoms with Crippen molar-refractivity contribution in [2.24, 2.45) is 5.92 Å². The fraction of sp³-hybridized carbons (Fsp3) is 0.400. The molecule has 26 heavy (non-hydrogen) atoms. The second kappa shape index (κ2) is 8.67. The predicted molar refractivity (Wildman–Crippen MR) is 99.8 cm³/mol. The van der Waals surface area contributed by atoms with E-state index >= 15 is 0 Å². The van der Waals surface area contributed by atoms with Crippen molar-refractivity contribution in [1.29, 1.82) is 0 Å². The zero-order valence-electron chi connectivity index (χ0n) is 15.0. The number of aromatic nitrogens is 1. The quantitative estimate of drug-likeness (QED) is 0.863. The van der Waals surface area contributed by atoms with Crippen molar-refractivity contribution in [3.05, 3.63) is 59.9 Å². The maximum atomic E-state index is 12.2. The van der Waals surface area contributed by atoms with Gasteiger partial charge in [-0.15, -0.1) is 0 Å². The van der Waals surface area contributed by atoms with Gasteiger partial charge in [0.1, 0.15) is 6.61 Å². The number of β-amino-alcohol motifs (C(OH)–C–C–N with tert-alkyl or cyclic N) is 1. The summed E-state index contributed by atoms with van der Waals surface area (Å²) in [6, 6.07) is 11.7. The van der Waals surface area contributed by atoms with E-state index in [0.717, 1.165) is 17.7 Å². The first kappa shape index (κ1) is 18.2. The Morgan fingerprint density at radius 2 is 2.00 bits per heavy atom. The molecule has 1 fully saturated rings. The van der Waals surface area contributed by atoms with Gasteiger partial charge in [-0.25, -0.2) is 4.79 Å². The van der Waals surface area contributed by atoms with E-state index in [0.29, 0.717) is 19.6 Å². The van der Waals surface area contributed by atoms with Gasteiger partial charge in [-0.05, 0) is 31.0 Å². The zero-order chi connectivity index (χ0) is 18.4. The number of nitrogens with zero attached hydrogens (tertiary/aromatic N) is 2. The average molecular weight is 355 g/mol. The van der Waals surface area contributed by atoms with Crippen LogP contribution < -0.4 is 5.32 Å². The lowest BCUT2D eigenvalue weighted by atomic mass is 9.94. The van der Waals surface area contributed by atoms with Gasteiger partial charge in [0.25, 0.3) is 0 Å². The topological polar surface area (TPSA) is 74.7 Å². The number of piperidine rings is 1. The SMILES string of the molecule is Cc1ccc(COC(=O)N2CC[C@H](CNc3ccncc3)[C@H](O)C2)cc1. The first-order chi connectivity index (χ1) is 12.6. The molecule has 0 unspecified atom stereocenters. The number of hydrogen-bond acceptors (Lipinski definition) is 5. The molecule has 1 aromatic heterocycles. The number of carbonyl (C=O) groups excluding carboxylic acids is 1. The Labute approximate surface area is 153 Å². The maximum Gasteiger partial charge on any atom is 0.410 e. The number of aryl methyl sites for hydroxylation is 1. The van der Waals surface area contributed by atoms with Crippen molar-refractivity contribution in [3.8, 4) is 0 Å². The first-order valence-corrected chi connectivity index (χ1v) is 8.91. The number of benzene rings is 1. The Kier molecular flexibility index (Phi) is 6.07. The van der Waals surface area contributed by atoms with Crippen LogP contribution in [0, 0.1) is 12.8 Å². The molecule has 0 saturated carbocycles. The minimum Gasteiger partial charge on any atom is -0.445 e. The molecule has 3 rings (SSSR count). The molecule has 2 N–H and O–H groups in total. The molecule has 6 nitrogen and oxygen atoms in total. The molecule has 1 amide bonds. The number of anilines is 1. The van der Waals surface area contributed by atoms with Gasteiger partial charge >= 0.3 is 6.09 Å². The summed E-state index contributed by atoms with van der Waals surface area (Å²) >= 11 is 0. The third-order valence-electron chi connectivity index (χ3n) is 4.71. The molecule has 0 bridgehead atoms. The Morgan fingerprint density at radius 3 is 2.69 bits per heavy atom. The number of ether oxygens (including phenoxy) is 1. The molecule has 1 aliphatic rings. The number of aliphatic hydroxyl groups excluding tert-OH is 1. The summed E-state index contributed by atoms with van der Waals surface area (Å²) < 4.78 is 5.37. The van der Waals surface area contributed by atoms with Crippen LogP contribution in [0.4, 0.5) is 10.5 Å². The Bertz CT molecular complexity index is 706. The van der Waals surface area contributed by atoms with Crippen LogP contribution in [0.15, 0.2) is 48.8 Å². The van der Waals surface area contributed by atoms with Crippen LogP contribution in [-0.2, 0) is 11.3 Å². The van der Waals surface area contributed by atoms with E-state index in [1.807, 2.05) is 43.3 Å². The highest BCUT2D eigenvalue weighted by Crippen LogP contribution is 2.20. The molecule has 1 aromatic carbocycles. The summed E-state index contributed by atoms with van der Waals surface area (Å²) in [7, 11) is 0. The fourth-order valence-electron chi connectivity index (χ4n) is 3.02. The van der Waals surface area contributed by atoms with Gasteiger partial charge in [0.05, 0.1) is 12.6 Å². The molecule has 0 spiro atoms. The monoisotopic (exact) mass is 355 g/mol. The number of nitrogens with one attached hydrogen (secondary N) is 1. The predicted octanol–water partition coefficient (Wildman–Crippen LogP) is 2.82. The molecule has 0 radical (unpaired) electrons. The van der Waals surface area contributed by atoms with E-state index < -0.39 is 6.10 Å². The van der Waals surface area contributed by atoms with E-state index in [1.165, 1.54) is 5.56 Å². The van der Waals surface area contributed by atoms with Crippen molar-refractivity contribution < 1.29 is 14.6 Å². The smallest absolute Gasteiger partial charge is 0.410 e. The van der Waals surface area contributed by atoms with Crippen LogP contribution in [-0.4, -0.2) is 46.8 Å². The van der Waals surface area contributed by atoms with Crippen molar-refractivity contribution in [2.45, 2.75) is 26.1 Å². The number of rotatable bonds is 5. The van der Waals surface area contributed by atoms with Gasteiger partial charge in [-0.3, -0.25) is 4.98 Å². The zero-order valence-corrected chi connectivity index (χ0v) is 15.0. The minimum absolute atomic E-state index is 0.101. The number of carbonyl (C=O) groups is 1. The highest BCUT2D eigenvalue weighted by Gasteiger charge is 2.30. The first-order valence-electron chi connectivity index (χ1n) is 8.91. The molecule has 2 aromatic rings.